The van der Waals surface area contributed by atoms with Crippen LogP contribution >= 0.6 is 0 Å². The molecule has 0 radical (unpaired) electrons. The number of fused-ring (bicyclic) bond motifs is 1. The van der Waals surface area contributed by atoms with Gasteiger partial charge in [-0.1, -0.05) is 19.3 Å². The number of nitrogens with two attached hydrogens (primary N) is 2. The second-order valence-electron chi connectivity index (χ2n) is 7.83. The molecule has 7 heteroatoms. The van der Waals surface area contributed by atoms with Crippen LogP contribution in [0.15, 0.2) is 47.3 Å². The maximum absolute atomic E-state index is 9.28. The van der Waals surface area contributed by atoms with Crippen LogP contribution in [0.4, 0.5) is 11.5 Å². The third-order valence-corrected chi connectivity index (χ3v) is 5.91. The molecule has 0 aliphatic heterocycles. The smallest absolute Gasteiger partial charge is 0.177 e. The standard InChI is InChI=1S/C23H22N6O/c24-10-15-8-14(6-7-20(15)25)21-9-18-19(12-27-23(26)22(18)30-21)16-11-28-29(13-16)17-4-2-1-3-5-17/h6-9,11-13,17H,1-5,25H2,(H2,26,27). The third-order valence-electron chi connectivity index (χ3n) is 5.91. The average molecular weight is 398 g/mol. The van der Waals surface area contributed by atoms with Gasteiger partial charge in [0.2, 0.25) is 0 Å². The van der Waals surface area contributed by atoms with E-state index in [1.807, 2.05) is 18.3 Å². The van der Waals surface area contributed by atoms with E-state index in [0.717, 1.165) is 22.1 Å². The number of anilines is 2. The van der Waals surface area contributed by atoms with Crippen molar-refractivity contribution in [2.75, 3.05) is 11.5 Å². The van der Waals surface area contributed by atoms with E-state index in [4.69, 9.17) is 15.9 Å². The highest BCUT2D eigenvalue weighted by atomic mass is 16.3. The molecule has 0 unspecified atom stereocenters. The minimum absolute atomic E-state index is 0.329. The first-order valence-corrected chi connectivity index (χ1v) is 10.2. The summed E-state index contributed by atoms with van der Waals surface area (Å²) in [7, 11) is 0. The first kappa shape index (κ1) is 18.3. The van der Waals surface area contributed by atoms with Gasteiger partial charge in [-0.25, -0.2) is 4.98 Å². The van der Waals surface area contributed by atoms with Crippen LogP contribution < -0.4 is 11.5 Å². The van der Waals surface area contributed by atoms with E-state index in [9.17, 15) is 5.26 Å². The second kappa shape index (κ2) is 7.23. The van der Waals surface area contributed by atoms with Gasteiger partial charge in [0, 0.05) is 40.2 Å². The van der Waals surface area contributed by atoms with E-state index < -0.39 is 0 Å². The lowest BCUT2D eigenvalue weighted by atomic mass is 9.96. The van der Waals surface area contributed by atoms with E-state index in [0.29, 0.717) is 34.5 Å². The van der Waals surface area contributed by atoms with Gasteiger partial charge in [0.15, 0.2) is 11.4 Å². The third kappa shape index (κ3) is 3.07. The van der Waals surface area contributed by atoms with Gasteiger partial charge in [0.05, 0.1) is 17.8 Å². The van der Waals surface area contributed by atoms with Crippen molar-refractivity contribution in [3.8, 4) is 28.5 Å². The van der Waals surface area contributed by atoms with Gasteiger partial charge in [-0.05, 0) is 37.1 Å². The predicted molar refractivity (Wildman–Crippen MR) is 116 cm³/mol. The number of rotatable bonds is 3. The number of hydrogen-bond donors (Lipinski definition) is 2. The summed E-state index contributed by atoms with van der Waals surface area (Å²) in [6.07, 6.45) is 11.9. The number of pyridine rings is 1. The lowest BCUT2D eigenvalue weighted by Crippen LogP contribution is -2.12. The van der Waals surface area contributed by atoms with Crippen LogP contribution in [0.2, 0.25) is 0 Å². The minimum atomic E-state index is 0.329. The minimum Gasteiger partial charge on any atom is -0.452 e. The highest BCUT2D eigenvalue weighted by Crippen LogP contribution is 2.37. The Morgan fingerprint density at radius 1 is 1.07 bits per heavy atom. The highest BCUT2D eigenvalue weighted by Gasteiger charge is 2.19. The summed E-state index contributed by atoms with van der Waals surface area (Å²) in [5.74, 6) is 0.942. The molecular weight excluding hydrogens is 376 g/mol. The molecule has 4 aromatic rings. The van der Waals surface area contributed by atoms with Crippen molar-refractivity contribution >= 4 is 22.5 Å². The Morgan fingerprint density at radius 3 is 2.70 bits per heavy atom. The molecule has 1 saturated carbocycles. The van der Waals surface area contributed by atoms with Crippen LogP contribution in [-0.4, -0.2) is 14.8 Å². The van der Waals surface area contributed by atoms with Crippen molar-refractivity contribution in [1.82, 2.24) is 14.8 Å². The number of nitriles is 1. The normalized spacial score (nSPS) is 14.8. The molecule has 1 aliphatic carbocycles. The molecule has 1 aromatic carbocycles. The van der Waals surface area contributed by atoms with Crippen LogP contribution in [0.5, 0.6) is 0 Å². The van der Waals surface area contributed by atoms with Gasteiger partial charge in [0.25, 0.3) is 0 Å². The predicted octanol–water partition coefficient (Wildman–Crippen LogP) is 4.90. The number of furan rings is 1. The van der Waals surface area contributed by atoms with Crippen LogP contribution in [-0.2, 0) is 0 Å². The van der Waals surface area contributed by atoms with Crippen LogP contribution in [0, 0.1) is 11.3 Å². The number of nitrogen functional groups attached to an aromatic ring is 2. The van der Waals surface area contributed by atoms with Crippen LogP contribution in [0.25, 0.3) is 33.4 Å². The summed E-state index contributed by atoms with van der Waals surface area (Å²) in [6.45, 7) is 0. The number of nitrogens with zero attached hydrogens (tertiary/aromatic N) is 4. The van der Waals surface area contributed by atoms with E-state index in [1.54, 1.807) is 18.3 Å². The van der Waals surface area contributed by atoms with Crippen molar-refractivity contribution in [3.63, 3.8) is 0 Å². The van der Waals surface area contributed by atoms with Crippen molar-refractivity contribution in [2.45, 2.75) is 38.1 Å². The summed E-state index contributed by atoms with van der Waals surface area (Å²) in [6, 6.07) is 9.76. The largest absolute Gasteiger partial charge is 0.452 e. The summed E-state index contributed by atoms with van der Waals surface area (Å²) < 4.78 is 8.12. The molecule has 30 heavy (non-hydrogen) atoms. The van der Waals surface area contributed by atoms with Gasteiger partial charge in [-0.3, -0.25) is 4.68 Å². The molecule has 3 aromatic heterocycles. The molecule has 0 bridgehead atoms. The highest BCUT2D eigenvalue weighted by molar-refractivity contribution is 6.00. The van der Waals surface area contributed by atoms with Crippen molar-refractivity contribution in [1.29, 1.82) is 5.26 Å². The molecule has 7 nitrogen and oxygen atoms in total. The van der Waals surface area contributed by atoms with E-state index in [2.05, 4.69) is 27.0 Å². The molecule has 0 atom stereocenters. The molecule has 1 fully saturated rings. The Balaban J connectivity index is 1.58. The molecule has 0 saturated heterocycles. The fraction of sp³-hybridized carbons (Fsp3) is 0.261. The molecule has 0 amide bonds. The topological polar surface area (TPSA) is 120 Å². The van der Waals surface area contributed by atoms with E-state index >= 15 is 0 Å². The molecular formula is C23H22N6O. The molecule has 3 heterocycles. The summed E-state index contributed by atoms with van der Waals surface area (Å²) in [4.78, 5) is 4.33. The lowest BCUT2D eigenvalue weighted by Gasteiger charge is -2.21. The van der Waals surface area contributed by atoms with Crippen molar-refractivity contribution < 1.29 is 4.42 Å². The summed E-state index contributed by atoms with van der Waals surface area (Å²) >= 11 is 0. The van der Waals surface area contributed by atoms with Crippen LogP contribution in [0.3, 0.4) is 0 Å². The number of hydrogen-bond acceptors (Lipinski definition) is 6. The molecule has 0 spiro atoms. The van der Waals surface area contributed by atoms with E-state index in [-0.39, 0.29) is 0 Å². The van der Waals surface area contributed by atoms with Crippen molar-refractivity contribution in [2.24, 2.45) is 0 Å². The SMILES string of the molecule is N#Cc1cc(-c2cc3c(-c4cnn(C5CCCCC5)c4)cnc(N)c3o2)ccc1N. The zero-order valence-electron chi connectivity index (χ0n) is 16.5. The first-order valence-electron chi connectivity index (χ1n) is 10.2. The zero-order chi connectivity index (χ0) is 20.7. The second-order valence-corrected chi connectivity index (χ2v) is 7.83. The van der Waals surface area contributed by atoms with Gasteiger partial charge in [-0.2, -0.15) is 10.4 Å². The van der Waals surface area contributed by atoms with E-state index in [1.165, 1.54) is 32.1 Å². The quantitative estimate of drug-likeness (QED) is 0.474. The fourth-order valence-corrected chi connectivity index (χ4v) is 4.24. The van der Waals surface area contributed by atoms with Gasteiger partial charge < -0.3 is 15.9 Å². The zero-order valence-corrected chi connectivity index (χ0v) is 16.5. The molecule has 1 aliphatic rings. The average Bonchev–Trinajstić information content (AvgIpc) is 3.43. The molecule has 4 N–H and O–H groups in total. The van der Waals surface area contributed by atoms with Gasteiger partial charge >= 0.3 is 0 Å². The lowest BCUT2D eigenvalue weighted by molar-refractivity contribution is 0.329. The first-order chi connectivity index (χ1) is 14.6. The Labute approximate surface area is 173 Å². The summed E-state index contributed by atoms with van der Waals surface area (Å²) in [5, 5.41) is 14.8. The Hall–Kier alpha value is -3.79. The molecule has 150 valence electrons. The Kier molecular flexibility index (Phi) is 4.40. The molecule has 5 rings (SSSR count). The van der Waals surface area contributed by atoms with Crippen LogP contribution in [0.1, 0.15) is 43.7 Å². The Bertz CT molecular complexity index is 1270. The fourth-order valence-electron chi connectivity index (χ4n) is 4.24. The maximum Gasteiger partial charge on any atom is 0.177 e. The summed E-state index contributed by atoms with van der Waals surface area (Å²) in [5.41, 5.74) is 16.0. The Morgan fingerprint density at radius 2 is 1.90 bits per heavy atom. The number of aromatic nitrogens is 3. The monoisotopic (exact) mass is 398 g/mol. The van der Waals surface area contributed by atoms with Gasteiger partial charge in [-0.15, -0.1) is 0 Å². The number of benzene rings is 1. The van der Waals surface area contributed by atoms with Gasteiger partial charge in [0.1, 0.15) is 11.8 Å². The van der Waals surface area contributed by atoms with Crippen molar-refractivity contribution in [3.05, 3.63) is 48.4 Å². The maximum atomic E-state index is 9.28.